The van der Waals surface area contributed by atoms with Gasteiger partial charge in [0.25, 0.3) is 0 Å². The molecule has 1 aliphatic carbocycles. The van der Waals surface area contributed by atoms with Crippen LogP contribution in [0.1, 0.15) is 40.0 Å². The van der Waals surface area contributed by atoms with E-state index in [1.54, 1.807) is 0 Å². The lowest BCUT2D eigenvalue weighted by Gasteiger charge is -2.34. The number of thioether (sulfide) groups is 1. The fourth-order valence-electron chi connectivity index (χ4n) is 3.61. The summed E-state index contributed by atoms with van der Waals surface area (Å²) in [6.45, 7) is 8.38. The molecule has 1 N–H and O–H groups in total. The Hall–Kier alpha value is 0.270. The molecule has 1 fully saturated rings. The van der Waals surface area contributed by atoms with Crippen molar-refractivity contribution in [3.8, 4) is 0 Å². The largest absolute Gasteiger partial charge is 0.316 e. The highest BCUT2D eigenvalue weighted by Gasteiger charge is 2.41. The van der Waals surface area contributed by atoms with Crippen molar-refractivity contribution in [1.29, 1.82) is 0 Å². The Kier molecular flexibility index (Phi) is 6.49. The number of rotatable bonds is 7. The van der Waals surface area contributed by atoms with E-state index in [0.29, 0.717) is 11.5 Å². The normalized spacial score (nSPS) is 28.8. The van der Waals surface area contributed by atoms with Gasteiger partial charge in [-0.15, -0.1) is 0 Å². The standard InChI is InChI=1S/C15H32N2S/c1-7-13(11-18-6)17(5)10-12-8-9-15(2,3)14(12)16-4/h12-14,16H,7-11H2,1-6H3. The Morgan fingerprint density at radius 2 is 2.11 bits per heavy atom. The first kappa shape index (κ1) is 16.3. The highest BCUT2D eigenvalue weighted by molar-refractivity contribution is 7.98. The molecule has 0 aromatic carbocycles. The van der Waals surface area contributed by atoms with Crippen molar-refractivity contribution in [3.05, 3.63) is 0 Å². The Labute approximate surface area is 118 Å². The van der Waals surface area contributed by atoms with Gasteiger partial charge in [0, 0.05) is 24.4 Å². The Bertz CT molecular complexity index is 243. The second-order valence-corrected chi connectivity index (χ2v) is 7.42. The van der Waals surface area contributed by atoms with Crippen molar-refractivity contribution in [2.24, 2.45) is 11.3 Å². The smallest absolute Gasteiger partial charge is 0.0180 e. The Balaban J connectivity index is 2.56. The molecular weight excluding hydrogens is 240 g/mol. The number of nitrogens with zero attached hydrogens (tertiary/aromatic N) is 1. The molecule has 1 aliphatic rings. The van der Waals surface area contributed by atoms with Crippen LogP contribution in [0.2, 0.25) is 0 Å². The molecule has 0 spiro atoms. The van der Waals surface area contributed by atoms with Crippen molar-refractivity contribution < 1.29 is 0 Å². The molecule has 3 atom stereocenters. The molecule has 1 rings (SSSR count). The van der Waals surface area contributed by atoms with Crippen molar-refractivity contribution in [1.82, 2.24) is 10.2 Å². The fraction of sp³-hybridized carbons (Fsp3) is 1.00. The Morgan fingerprint density at radius 3 is 2.61 bits per heavy atom. The summed E-state index contributed by atoms with van der Waals surface area (Å²) in [5, 5.41) is 3.57. The first-order chi connectivity index (χ1) is 8.46. The molecule has 108 valence electrons. The minimum Gasteiger partial charge on any atom is -0.316 e. The molecule has 0 radical (unpaired) electrons. The first-order valence-corrected chi connectivity index (χ1v) is 8.72. The van der Waals surface area contributed by atoms with Gasteiger partial charge in [-0.3, -0.25) is 0 Å². The molecule has 3 heteroatoms. The third kappa shape index (κ3) is 3.88. The summed E-state index contributed by atoms with van der Waals surface area (Å²) in [6.07, 6.45) is 6.21. The number of hydrogen-bond acceptors (Lipinski definition) is 3. The van der Waals surface area contributed by atoms with Gasteiger partial charge in [-0.1, -0.05) is 20.8 Å². The average molecular weight is 273 g/mol. The van der Waals surface area contributed by atoms with Crippen LogP contribution in [-0.4, -0.2) is 49.6 Å². The predicted octanol–water partition coefficient (Wildman–Crippen LogP) is 3.08. The second-order valence-electron chi connectivity index (χ2n) is 6.51. The van der Waals surface area contributed by atoms with Gasteiger partial charge in [-0.25, -0.2) is 0 Å². The molecule has 18 heavy (non-hydrogen) atoms. The quantitative estimate of drug-likeness (QED) is 0.767. The summed E-state index contributed by atoms with van der Waals surface area (Å²) in [5.41, 5.74) is 0.460. The van der Waals surface area contributed by atoms with Crippen LogP contribution in [0.4, 0.5) is 0 Å². The molecule has 0 amide bonds. The maximum absolute atomic E-state index is 3.57. The summed E-state index contributed by atoms with van der Waals surface area (Å²) < 4.78 is 0. The third-order valence-electron chi connectivity index (χ3n) is 4.76. The average Bonchev–Trinajstić information content (AvgIpc) is 2.60. The van der Waals surface area contributed by atoms with E-state index in [9.17, 15) is 0 Å². The van der Waals surface area contributed by atoms with Crippen LogP contribution in [0.5, 0.6) is 0 Å². The molecule has 0 saturated heterocycles. The van der Waals surface area contributed by atoms with Crippen LogP contribution in [0.3, 0.4) is 0 Å². The van der Waals surface area contributed by atoms with Gasteiger partial charge in [-0.05, 0) is 50.9 Å². The first-order valence-electron chi connectivity index (χ1n) is 7.32. The van der Waals surface area contributed by atoms with E-state index in [0.717, 1.165) is 12.0 Å². The fourth-order valence-corrected chi connectivity index (χ4v) is 4.48. The minimum atomic E-state index is 0.460. The van der Waals surface area contributed by atoms with Gasteiger partial charge in [0.2, 0.25) is 0 Å². The SMILES string of the molecule is CCC(CSC)N(C)CC1CCC(C)(C)C1NC. The number of hydrogen-bond donors (Lipinski definition) is 1. The Morgan fingerprint density at radius 1 is 1.44 bits per heavy atom. The van der Waals surface area contributed by atoms with Crippen molar-refractivity contribution in [2.45, 2.75) is 52.1 Å². The van der Waals surface area contributed by atoms with Crippen molar-refractivity contribution in [2.75, 3.05) is 32.6 Å². The van der Waals surface area contributed by atoms with Gasteiger partial charge in [-0.2, -0.15) is 11.8 Å². The van der Waals surface area contributed by atoms with Gasteiger partial charge < -0.3 is 10.2 Å². The molecule has 0 heterocycles. The predicted molar refractivity (Wildman–Crippen MR) is 84.4 cm³/mol. The molecule has 0 aromatic heterocycles. The van der Waals surface area contributed by atoms with E-state index in [1.165, 1.54) is 31.6 Å². The number of nitrogens with one attached hydrogen (secondary N) is 1. The maximum Gasteiger partial charge on any atom is 0.0180 e. The molecule has 0 bridgehead atoms. The molecule has 3 unspecified atom stereocenters. The van der Waals surface area contributed by atoms with Crippen LogP contribution in [-0.2, 0) is 0 Å². The van der Waals surface area contributed by atoms with E-state index < -0.39 is 0 Å². The summed E-state index contributed by atoms with van der Waals surface area (Å²) in [7, 11) is 4.44. The topological polar surface area (TPSA) is 15.3 Å². The highest BCUT2D eigenvalue weighted by Crippen LogP contribution is 2.41. The third-order valence-corrected chi connectivity index (χ3v) is 5.48. The molecular formula is C15H32N2S. The summed E-state index contributed by atoms with van der Waals surface area (Å²) in [4.78, 5) is 2.59. The van der Waals surface area contributed by atoms with Gasteiger partial charge in [0.1, 0.15) is 0 Å². The van der Waals surface area contributed by atoms with E-state index in [-0.39, 0.29) is 0 Å². The lowest BCUT2D eigenvalue weighted by atomic mass is 9.85. The van der Waals surface area contributed by atoms with Crippen LogP contribution in [0.25, 0.3) is 0 Å². The van der Waals surface area contributed by atoms with Crippen molar-refractivity contribution in [3.63, 3.8) is 0 Å². The summed E-state index contributed by atoms with van der Waals surface area (Å²) >= 11 is 1.97. The zero-order valence-electron chi connectivity index (χ0n) is 13.1. The van der Waals surface area contributed by atoms with E-state index in [4.69, 9.17) is 0 Å². The van der Waals surface area contributed by atoms with Crippen LogP contribution < -0.4 is 5.32 Å². The van der Waals surface area contributed by atoms with Gasteiger partial charge in [0.15, 0.2) is 0 Å². The molecule has 0 aromatic rings. The zero-order valence-corrected chi connectivity index (χ0v) is 13.9. The van der Waals surface area contributed by atoms with Gasteiger partial charge >= 0.3 is 0 Å². The summed E-state index contributed by atoms with van der Waals surface area (Å²) in [5.74, 6) is 2.07. The van der Waals surface area contributed by atoms with Crippen LogP contribution >= 0.6 is 11.8 Å². The molecule has 2 nitrogen and oxygen atoms in total. The monoisotopic (exact) mass is 272 g/mol. The molecule has 1 saturated carbocycles. The maximum atomic E-state index is 3.57. The highest BCUT2D eigenvalue weighted by atomic mass is 32.2. The lowest BCUT2D eigenvalue weighted by molar-refractivity contribution is 0.180. The minimum absolute atomic E-state index is 0.460. The van der Waals surface area contributed by atoms with E-state index in [1.807, 2.05) is 11.8 Å². The lowest BCUT2D eigenvalue weighted by Crippen LogP contribution is -2.45. The second kappa shape index (κ2) is 7.16. The van der Waals surface area contributed by atoms with Crippen LogP contribution in [0, 0.1) is 11.3 Å². The van der Waals surface area contributed by atoms with E-state index in [2.05, 4.69) is 51.3 Å². The van der Waals surface area contributed by atoms with Crippen molar-refractivity contribution >= 4 is 11.8 Å². The zero-order chi connectivity index (χ0) is 13.8. The van der Waals surface area contributed by atoms with Gasteiger partial charge in [0.05, 0.1) is 0 Å². The van der Waals surface area contributed by atoms with E-state index >= 15 is 0 Å². The summed E-state index contributed by atoms with van der Waals surface area (Å²) in [6, 6.07) is 1.41. The molecule has 0 aliphatic heterocycles. The van der Waals surface area contributed by atoms with Crippen LogP contribution in [0.15, 0.2) is 0 Å².